The first-order chi connectivity index (χ1) is 17.7. The quantitative estimate of drug-likeness (QED) is 0.433. The number of fused-ring (bicyclic) bond motifs is 1. The van der Waals surface area contributed by atoms with Gasteiger partial charge in [0.2, 0.25) is 5.95 Å². The van der Waals surface area contributed by atoms with Gasteiger partial charge < -0.3 is 10.2 Å². The first-order valence-electron chi connectivity index (χ1n) is 12.7. The number of nitrogens with one attached hydrogen (secondary N) is 2. The average molecular weight is 520 g/mol. The third-order valence-electron chi connectivity index (χ3n) is 6.98. The molecule has 2 aliphatic rings. The largest absolute Gasteiger partial charge is 0.369 e. The van der Waals surface area contributed by atoms with Gasteiger partial charge >= 0.3 is 0 Å². The fraction of sp³-hybridized carbons (Fsp3) is 0.393. The van der Waals surface area contributed by atoms with Gasteiger partial charge in [-0.2, -0.15) is 0 Å². The van der Waals surface area contributed by atoms with Crippen molar-refractivity contribution in [1.29, 1.82) is 0 Å². The molecule has 4 heterocycles. The Morgan fingerprint density at radius 2 is 2.05 bits per heavy atom. The summed E-state index contributed by atoms with van der Waals surface area (Å²) in [6, 6.07) is 4.68. The zero-order valence-corrected chi connectivity index (χ0v) is 22.9. The van der Waals surface area contributed by atoms with Crippen LogP contribution in [0.2, 0.25) is 0 Å². The number of nitrogens with zero attached hydrogens (tertiary/aromatic N) is 5. The van der Waals surface area contributed by atoms with Crippen LogP contribution in [-0.4, -0.2) is 53.8 Å². The van der Waals surface area contributed by atoms with Crippen molar-refractivity contribution in [2.24, 2.45) is 0 Å². The number of aromatic nitrogens is 3. The summed E-state index contributed by atoms with van der Waals surface area (Å²) >= 11 is 0. The zero-order valence-electron chi connectivity index (χ0n) is 22.0. The second-order valence-corrected chi connectivity index (χ2v) is 10.8. The van der Waals surface area contributed by atoms with Crippen LogP contribution >= 0.6 is 0 Å². The van der Waals surface area contributed by atoms with Crippen LogP contribution < -0.4 is 10.0 Å². The molecule has 196 valence electrons. The lowest BCUT2D eigenvalue weighted by atomic mass is 9.95. The molecule has 1 saturated heterocycles. The molecule has 2 aromatic heterocycles. The van der Waals surface area contributed by atoms with Crippen LogP contribution in [0.1, 0.15) is 49.9 Å². The van der Waals surface area contributed by atoms with Crippen molar-refractivity contribution in [2.75, 3.05) is 22.8 Å². The number of likely N-dealkylation sites (tertiary alicyclic amines) is 1. The minimum absolute atomic E-state index is 0.344. The summed E-state index contributed by atoms with van der Waals surface area (Å²) in [7, 11) is -1.17. The summed E-state index contributed by atoms with van der Waals surface area (Å²) < 4.78 is 14.4. The van der Waals surface area contributed by atoms with E-state index in [4.69, 9.17) is 4.98 Å². The molecule has 0 amide bonds. The van der Waals surface area contributed by atoms with Crippen molar-refractivity contribution in [2.45, 2.75) is 58.3 Å². The predicted molar refractivity (Wildman–Crippen MR) is 153 cm³/mol. The van der Waals surface area contributed by atoms with Gasteiger partial charge in [-0.15, -0.1) is 0 Å². The number of anilines is 2. The van der Waals surface area contributed by atoms with Gasteiger partial charge in [-0.05, 0) is 44.4 Å². The van der Waals surface area contributed by atoms with Crippen LogP contribution in [0.3, 0.4) is 0 Å². The van der Waals surface area contributed by atoms with Gasteiger partial charge in [0, 0.05) is 72.9 Å². The van der Waals surface area contributed by atoms with E-state index in [9.17, 15) is 4.21 Å². The topological polar surface area (TPSA) is 86.3 Å². The Bertz CT molecular complexity index is 1240. The highest BCUT2D eigenvalue weighted by molar-refractivity contribution is 7.85. The fourth-order valence-electron chi connectivity index (χ4n) is 4.88. The molecule has 2 aromatic rings. The molecule has 0 bridgehead atoms. The number of piperidine rings is 1. The minimum atomic E-state index is -1.17. The van der Waals surface area contributed by atoms with Gasteiger partial charge in [0.1, 0.15) is 16.8 Å². The van der Waals surface area contributed by atoms with E-state index in [1.807, 2.05) is 30.5 Å². The second kappa shape index (κ2) is 11.8. The van der Waals surface area contributed by atoms with Crippen LogP contribution in [0, 0.1) is 0 Å². The Morgan fingerprint density at radius 3 is 2.78 bits per heavy atom. The lowest BCUT2D eigenvalue weighted by Gasteiger charge is -2.43. The summed E-state index contributed by atoms with van der Waals surface area (Å²) in [6.07, 6.45) is 12.1. The normalized spacial score (nSPS) is 20.5. The summed E-state index contributed by atoms with van der Waals surface area (Å²) in [5.41, 5.74) is 6.03. The summed E-state index contributed by atoms with van der Waals surface area (Å²) in [5, 5.41) is 3.20. The first-order valence-corrected chi connectivity index (χ1v) is 14.2. The van der Waals surface area contributed by atoms with Gasteiger partial charge in [0.25, 0.3) is 0 Å². The summed E-state index contributed by atoms with van der Waals surface area (Å²) in [6.45, 7) is 19.4. The Balaban J connectivity index is 1.34. The molecule has 2 N–H and O–H groups in total. The number of allylic oxidation sites excluding steroid dienone is 3. The fourth-order valence-corrected chi connectivity index (χ4v) is 5.28. The molecule has 37 heavy (non-hydrogen) atoms. The molecule has 1 fully saturated rings. The number of hydrogen-bond acceptors (Lipinski definition) is 7. The van der Waals surface area contributed by atoms with Crippen LogP contribution in [0.5, 0.6) is 0 Å². The van der Waals surface area contributed by atoms with Crippen molar-refractivity contribution < 1.29 is 4.21 Å². The molecule has 4 rings (SSSR count). The highest BCUT2D eigenvalue weighted by Crippen LogP contribution is 2.33. The first kappa shape index (κ1) is 26.8. The summed E-state index contributed by atoms with van der Waals surface area (Å²) in [4.78, 5) is 18.4. The molecule has 0 spiro atoms. The van der Waals surface area contributed by atoms with Gasteiger partial charge in [-0.25, -0.2) is 19.2 Å². The van der Waals surface area contributed by atoms with Crippen molar-refractivity contribution in [1.82, 2.24) is 24.8 Å². The Morgan fingerprint density at radius 1 is 1.24 bits per heavy atom. The zero-order chi connectivity index (χ0) is 26.5. The van der Waals surface area contributed by atoms with Crippen LogP contribution in [0.25, 0.3) is 5.70 Å². The predicted octanol–water partition coefficient (Wildman–Crippen LogP) is 4.86. The van der Waals surface area contributed by atoms with Gasteiger partial charge in [0.05, 0.1) is 5.69 Å². The van der Waals surface area contributed by atoms with Gasteiger partial charge in [0.15, 0.2) is 0 Å². The lowest BCUT2D eigenvalue weighted by molar-refractivity contribution is 0.102. The van der Waals surface area contributed by atoms with E-state index in [-0.39, 0.29) is 0 Å². The molecule has 3 atom stereocenters. The number of pyridine rings is 1. The molecular weight excluding hydrogens is 482 g/mol. The Kier molecular flexibility index (Phi) is 8.56. The molecule has 0 aromatic carbocycles. The second-order valence-electron chi connectivity index (χ2n) is 9.72. The van der Waals surface area contributed by atoms with E-state index < -0.39 is 11.0 Å². The van der Waals surface area contributed by atoms with Gasteiger partial charge in [-0.1, -0.05) is 38.3 Å². The monoisotopic (exact) mass is 519 g/mol. The molecule has 2 aliphatic heterocycles. The number of rotatable bonds is 10. The third-order valence-corrected chi connectivity index (χ3v) is 7.48. The van der Waals surface area contributed by atoms with E-state index in [2.05, 4.69) is 63.4 Å². The van der Waals surface area contributed by atoms with E-state index in [0.717, 1.165) is 67.1 Å². The van der Waals surface area contributed by atoms with Crippen molar-refractivity contribution >= 4 is 28.4 Å². The smallest absolute Gasteiger partial charge is 0.227 e. The van der Waals surface area contributed by atoms with E-state index >= 15 is 0 Å². The van der Waals surface area contributed by atoms with Crippen LogP contribution in [-0.2, 0) is 24.1 Å². The van der Waals surface area contributed by atoms with Gasteiger partial charge in [-0.3, -0.25) is 9.62 Å². The maximum Gasteiger partial charge on any atom is 0.227 e. The van der Waals surface area contributed by atoms with E-state index in [1.165, 1.54) is 5.56 Å². The lowest BCUT2D eigenvalue weighted by Crippen LogP contribution is -2.46. The highest BCUT2D eigenvalue weighted by atomic mass is 32.2. The molecule has 9 heteroatoms. The van der Waals surface area contributed by atoms with Crippen LogP contribution in [0.15, 0.2) is 67.7 Å². The minimum Gasteiger partial charge on any atom is -0.369 e. The molecule has 8 nitrogen and oxygen atoms in total. The Hall–Kier alpha value is -3.30. The highest BCUT2D eigenvalue weighted by Gasteiger charge is 2.33. The SMILES string of the molecule is C=C(/C=C\C(=C)Nc1ncc2c(n1)CN([C@H]1CCN(C(=C)c3ccnc(NS(C)=O)c3)[C@H](C)C1)C2)CC. The summed E-state index contributed by atoms with van der Waals surface area (Å²) in [5.74, 6) is 1.17. The molecule has 0 radical (unpaired) electrons. The Labute approximate surface area is 222 Å². The maximum absolute atomic E-state index is 11.5. The van der Waals surface area contributed by atoms with Crippen LogP contribution in [0.4, 0.5) is 11.8 Å². The van der Waals surface area contributed by atoms with Crippen molar-refractivity contribution in [3.8, 4) is 0 Å². The standard InChI is InChI=1S/C28H37N7OS/c1-7-19(2)8-9-20(3)31-28-30-16-24-17-34(18-26(24)32-28)25-11-13-35(21(4)14-25)22(5)23-10-12-29-27(15-23)33-37(6)36/h8-10,12,15-16,21,25H,2-3,5,7,11,13-14,17-18H2,1,4,6H3,(H,29,33)(H,30,31,32)/b9-8-/t21-,25+,37?/m1/s1. The number of hydrogen-bond donors (Lipinski definition) is 2. The molecule has 0 aliphatic carbocycles. The average Bonchev–Trinajstić information content (AvgIpc) is 3.30. The third kappa shape index (κ3) is 6.72. The van der Waals surface area contributed by atoms with E-state index in [0.29, 0.717) is 23.8 Å². The van der Waals surface area contributed by atoms with E-state index in [1.54, 1.807) is 12.5 Å². The van der Waals surface area contributed by atoms with Crippen molar-refractivity contribution in [3.05, 3.63) is 84.5 Å². The molecule has 1 unspecified atom stereocenters. The molecule has 0 saturated carbocycles. The maximum atomic E-state index is 11.5. The van der Waals surface area contributed by atoms with Crippen molar-refractivity contribution in [3.63, 3.8) is 0 Å². The molecular formula is C28H37N7OS.